The molecule has 2 heterocycles. The number of methoxy groups -OCH3 is 1. The molecule has 1 unspecified atom stereocenters. The van der Waals surface area contributed by atoms with Crippen LogP contribution in [0.1, 0.15) is 78.8 Å². The van der Waals surface area contributed by atoms with Crippen molar-refractivity contribution in [2.45, 2.75) is 90.4 Å². The van der Waals surface area contributed by atoms with Crippen LogP contribution in [0.15, 0.2) is 59.8 Å². The molecule has 2 aromatic rings. The van der Waals surface area contributed by atoms with E-state index < -0.39 is 6.04 Å². The Bertz CT molecular complexity index is 1310. The van der Waals surface area contributed by atoms with Gasteiger partial charge in [0, 0.05) is 34.8 Å². The first-order chi connectivity index (χ1) is 18.8. The van der Waals surface area contributed by atoms with Gasteiger partial charge in [-0.2, -0.15) is 0 Å². The van der Waals surface area contributed by atoms with E-state index in [-0.39, 0.29) is 40.8 Å². The number of rotatable bonds is 5. The van der Waals surface area contributed by atoms with Crippen molar-refractivity contribution in [3.8, 4) is 5.75 Å². The first-order valence-electron chi connectivity index (χ1n) is 14.4. The molecule has 7 nitrogen and oxygen atoms in total. The van der Waals surface area contributed by atoms with Crippen LogP contribution in [0.4, 0.5) is 11.4 Å². The van der Waals surface area contributed by atoms with E-state index in [1.807, 2.05) is 48.5 Å². The summed E-state index contributed by atoms with van der Waals surface area (Å²) in [5.74, 6) is 0.834. The maximum Gasteiger partial charge on any atom is 0.239 e. The third-order valence-electron chi connectivity index (χ3n) is 8.30. The van der Waals surface area contributed by atoms with Crippen LogP contribution in [-0.2, 0) is 9.59 Å². The number of ether oxygens (including phenoxy) is 1. The van der Waals surface area contributed by atoms with Crippen molar-refractivity contribution in [1.29, 1.82) is 0 Å². The van der Waals surface area contributed by atoms with Crippen LogP contribution in [-0.4, -0.2) is 42.5 Å². The van der Waals surface area contributed by atoms with E-state index in [2.05, 4.69) is 62.4 Å². The summed E-state index contributed by atoms with van der Waals surface area (Å²) in [6.45, 7) is 13.2. The Kier molecular flexibility index (Phi) is 7.24. The molecule has 40 heavy (non-hydrogen) atoms. The second-order valence-corrected chi connectivity index (χ2v) is 13.8. The summed E-state index contributed by atoms with van der Waals surface area (Å²) >= 11 is 0. The summed E-state index contributed by atoms with van der Waals surface area (Å²) in [6.07, 6.45) is 2.93. The van der Waals surface area contributed by atoms with Gasteiger partial charge in [-0.25, -0.2) is 0 Å². The lowest BCUT2D eigenvalue weighted by molar-refractivity contribution is -0.121. The zero-order valence-electron chi connectivity index (χ0n) is 25.0. The van der Waals surface area contributed by atoms with Gasteiger partial charge in [0.1, 0.15) is 5.75 Å². The summed E-state index contributed by atoms with van der Waals surface area (Å²) < 4.78 is 5.43. The highest BCUT2D eigenvalue weighted by molar-refractivity contribution is 6.01. The van der Waals surface area contributed by atoms with E-state index in [0.29, 0.717) is 6.42 Å². The van der Waals surface area contributed by atoms with Crippen LogP contribution in [0.3, 0.4) is 0 Å². The third-order valence-corrected chi connectivity index (χ3v) is 8.30. The number of para-hydroxylation sites is 2. The van der Waals surface area contributed by atoms with Gasteiger partial charge in [-0.15, -0.1) is 0 Å². The van der Waals surface area contributed by atoms with E-state index in [1.165, 1.54) is 0 Å². The Labute approximate surface area is 238 Å². The molecule has 214 valence electrons. The average molecular weight is 545 g/mol. The first-order valence-corrected chi connectivity index (χ1v) is 14.4. The third kappa shape index (κ3) is 5.90. The van der Waals surface area contributed by atoms with Crippen LogP contribution in [0.25, 0.3) is 0 Å². The van der Waals surface area contributed by atoms with Gasteiger partial charge in [-0.3, -0.25) is 9.59 Å². The minimum Gasteiger partial charge on any atom is -0.497 e. The normalized spacial score (nSPS) is 23.4. The number of anilines is 2. The summed E-state index contributed by atoms with van der Waals surface area (Å²) in [6, 6.07) is 15.6. The van der Waals surface area contributed by atoms with Crippen LogP contribution >= 0.6 is 0 Å². The molecule has 7 heteroatoms. The molecule has 0 radical (unpaired) electrons. The number of amides is 1. The number of Topliss-reactive ketones (excluding diaryl/α,β-unsaturated/α-hetero) is 1. The molecule has 2 aliphatic heterocycles. The lowest BCUT2D eigenvalue weighted by atomic mass is 9.73. The molecular weight excluding hydrogens is 500 g/mol. The number of allylic oxidation sites excluding steroid dienone is 1. The van der Waals surface area contributed by atoms with E-state index in [0.717, 1.165) is 53.2 Å². The number of nitrogens with zero attached hydrogens (tertiary/aromatic N) is 1. The topological polar surface area (TPSA) is 82.7 Å². The maximum absolute atomic E-state index is 13.9. The van der Waals surface area contributed by atoms with Gasteiger partial charge in [0.15, 0.2) is 5.78 Å². The van der Waals surface area contributed by atoms with Crippen LogP contribution < -0.4 is 25.6 Å². The van der Waals surface area contributed by atoms with E-state index >= 15 is 0 Å². The molecule has 3 aliphatic rings. The molecule has 5 rings (SSSR count). The predicted octanol–water partition coefficient (Wildman–Crippen LogP) is 5.74. The Morgan fingerprint density at radius 3 is 2.27 bits per heavy atom. The minimum atomic E-state index is -0.410. The number of benzene rings is 2. The number of ketones is 1. The molecular formula is C33H44N4O3. The van der Waals surface area contributed by atoms with Gasteiger partial charge < -0.3 is 25.6 Å². The van der Waals surface area contributed by atoms with Crippen LogP contribution in [0.5, 0.6) is 5.75 Å². The molecule has 1 fully saturated rings. The maximum atomic E-state index is 13.9. The highest BCUT2D eigenvalue weighted by atomic mass is 16.5. The van der Waals surface area contributed by atoms with Gasteiger partial charge in [-0.05, 0) is 82.2 Å². The molecule has 1 atom stereocenters. The average Bonchev–Trinajstić information content (AvgIpc) is 2.96. The SMILES string of the molecule is COc1ccc(C2C3=C(CC(C)(C)CC3=O)Nc3ccccc3N2CC(=O)NC2CC(C)(C)NC(C)(C)C2)cc1. The fourth-order valence-electron chi connectivity index (χ4n) is 7.21. The van der Waals surface area contributed by atoms with E-state index in [1.54, 1.807) is 7.11 Å². The minimum absolute atomic E-state index is 0.0422. The number of hydrogen-bond donors (Lipinski definition) is 3. The van der Waals surface area contributed by atoms with Crippen molar-refractivity contribution in [3.63, 3.8) is 0 Å². The molecule has 0 bridgehead atoms. The lowest BCUT2D eigenvalue weighted by Gasteiger charge is -2.46. The summed E-state index contributed by atoms with van der Waals surface area (Å²) in [7, 11) is 1.65. The number of fused-ring (bicyclic) bond motifs is 1. The lowest BCUT2D eigenvalue weighted by Crippen LogP contribution is -2.62. The van der Waals surface area contributed by atoms with Gasteiger partial charge in [0.2, 0.25) is 5.91 Å². The van der Waals surface area contributed by atoms with E-state index in [9.17, 15) is 9.59 Å². The van der Waals surface area contributed by atoms with Crippen LogP contribution in [0.2, 0.25) is 0 Å². The van der Waals surface area contributed by atoms with Crippen molar-refractivity contribution < 1.29 is 14.3 Å². The summed E-state index contributed by atoms with van der Waals surface area (Å²) in [4.78, 5) is 29.8. The molecule has 0 spiro atoms. The fourth-order valence-corrected chi connectivity index (χ4v) is 7.21. The Morgan fingerprint density at radius 2 is 1.62 bits per heavy atom. The van der Waals surface area contributed by atoms with Gasteiger partial charge in [0.25, 0.3) is 0 Å². The standard InChI is InChI=1S/C33H44N4O3/c1-31(2)18-25-29(27(38)19-31)30(21-12-14-23(40-7)15-13-21)37(26-11-9-8-10-24(26)35-25)20-28(39)34-22-16-32(3,4)36-33(5,6)17-22/h8-15,22,30,35-36H,16-20H2,1-7H3,(H,34,39). The van der Waals surface area contributed by atoms with Crippen molar-refractivity contribution in [3.05, 3.63) is 65.4 Å². The molecule has 0 aromatic heterocycles. The number of carbonyl (C=O) groups excluding carboxylic acids is 2. The molecule has 1 aliphatic carbocycles. The highest BCUT2D eigenvalue weighted by Gasteiger charge is 2.43. The summed E-state index contributed by atoms with van der Waals surface area (Å²) in [5, 5.41) is 10.7. The van der Waals surface area contributed by atoms with Crippen LogP contribution in [0, 0.1) is 5.41 Å². The second kappa shape index (κ2) is 10.3. The molecule has 2 aromatic carbocycles. The van der Waals surface area contributed by atoms with E-state index in [4.69, 9.17) is 4.74 Å². The Balaban J connectivity index is 1.56. The van der Waals surface area contributed by atoms with Crippen molar-refractivity contribution >= 4 is 23.1 Å². The fraction of sp³-hybridized carbons (Fsp3) is 0.515. The molecule has 3 N–H and O–H groups in total. The monoisotopic (exact) mass is 544 g/mol. The molecule has 1 saturated heterocycles. The van der Waals surface area contributed by atoms with Gasteiger partial charge in [0.05, 0.1) is 31.1 Å². The zero-order valence-corrected chi connectivity index (χ0v) is 25.0. The predicted molar refractivity (Wildman–Crippen MR) is 161 cm³/mol. The quantitative estimate of drug-likeness (QED) is 0.446. The van der Waals surface area contributed by atoms with Crippen molar-refractivity contribution in [2.24, 2.45) is 5.41 Å². The zero-order chi connectivity index (χ0) is 28.9. The Hall–Kier alpha value is -3.32. The number of carbonyl (C=O) groups is 2. The number of piperidine rings is 1. The first kappa shape index (κ1) is 28.2. The smallest absolute Gasteiger partial charge is 0.239 e. The highest BCUT2D eigenvalue weighted by Crippen LogP contribution is 2.48. The second-order valence-electron chi connectivity index (χ2n) is 13.8. The van der Waals surface area contributed by atoms with Gasteiger partial charge >= 0.3 is 0 Å². The van der Waals surface area contributed by atoms with Crippen molar-refractivity contribution in [2.75, 3.05) is 23.9 Å². The van der Waals surface area contributed by atoms with Crippen molar-refractivity contribution in [1.82, 2.24) is 10.6 Å². The Morgan fingerprint density at radius 1 is 0.975 bits per heavy atom. The number of nitrogens with one attached hydrogen (secondary N) is 3. The molecule has 0 saturated carbocycles. The molecule has 1 amide bonds. The number of hydrogen-bond acceptors (Lipinski definition) is 6. The summed E-state index contributed by atoms with van der Waals surface area (Å²) in [5.41, 5.74) is 4.16. The largest absolute Gasteiger partial charge is 0.497 e. The van der Waals surface area contributed by atoms with Gasteiger partial charge in [-0.1, -0.05) is 38.1 Å².